The first-order valence-electron chi connectivity index (χ1n) is 11.2. The maximum atomic E-state index is 13.3. The second-order valence-corrected chi connectivity index (χ2v) is 9.23. The number of allylic oxidation sites excluding steroid dienone is 1. The van der Waals surface area contributed by atoms with Crippen molar-refractivity contribution >= 4 is 80.1 Å². The molecule has 0 aliphatic rings. The standard InChI is InChI=1S/C26H22Cl2N8O/c1-13(11-14-5-3-6-15(12-14)31-25(29)30)23-32-18-9-10-19-22(20(18)24(37)35-23)36(2)26(33-19)34-21-16(27)7-4-8-17(21)28/h3-12H,1-2H3,(H,33,34)(H4,29,30,31)(H,32,35,37). The van der Waals surface area contributed by atoms with Gasteiger partial charge in [0.25, 0.3) is 5.56 Å². The number of fused-ring (bicyclic) bond motifs is 3. The maximum Gasteiger partial charge on any atom is 0.261 e. The highest BCUT2D eigenvalue weighted by Crippen LogP contribution is 2.34. The maximum absolute atomic E-state index is 13.3. The molecular weight excluding hydrogens is 511 g/mol. The highest BCUT2D eigenvalue weighted by atomic mass is 35.5. The van der Waals surface area contributed by atoms with Crippen molar-refractivity contribution in [1.29, 1.82) is 0 Å². The number of nitrogens with zero attached hydrogens (tertiary/aromatic N) is 4. The predicted molar refractivity (Wildman–Crippen MR) is 152 cm³/mol. The van der Waals surface area contributed by atoms with Gasteiger partial charge in [0.05, 0.1) is 43.4 Å². The zero-order valence-corrected chi connectivity index (χ0v) is 21.4. The number of aromatic nitrogens is 4. The van der Waals surface area contributed by atoms with Crippen LogP contribution in [0, 0.1) is 0 Å². The number of aryl methyl sites for hydroxylation is 1. The molecule has 0 radical (unpaired) electrons. The molecule has 0 atom stereocenters. The number of halogens is 2. The Balaban J connectivity index is 1.58. The lowest BCUT2D eigenvalue weighted by Gasteiger charge is -2.10. The van der Waals surface area contributed by atoms with Crippen molar-refractivity contribution in [2.24, 2.45) is 23.5 Å². The number of nitrogens with two attached hydrogens (primary N) is 2. The first kappa shape index (κ1) is 24.4. The summed E-state index contributed by atoms with van der Waals surface area (Å²) < 4.78 is 1.78. The molecule has 0 aliphatic heterocycles. The third kappa shape index (κ3) is 4.74. The van der Waals surface area contributed by atoms with Gasteiger partial charge in [0.2, 0.25) is 5.95 Å². The van der Waals surface area contributed by atoms with Crippen molar-refractivity contribution in [3.63, 3.8) is 0 Å². The van der Waals surface area contributed by atoms with E-state index in [0.717, 1.165) is 11.1 Å². The first-order chi connectivity index (χ1) is 17.7. The first-order valence-corrected chi connectivity index (χ1v) is 12.0. The third-order valence-corrected chi connectivity index (χ3v) is 6.42. The van der Waals surface area contributed by atoms with Crippen molar-refractivity contribution in [3.05, 3.63) is 86.4 Å². The zero-order valence-electron chi connectivity index (χ0n) is 19.9. The summed E-state index contributed by atoms with van der Waals surface area (Å²) in [4.78, 5) is 29.6. The van der Waals surface area contributed by atoms with Crippen LogP contribution in [0.4, 0.5) is 17.3 Å². The molecule has 0 amide bonds. The molecule has 6 N–H and O–H groups in total. The van der Waals surface area contributed by atoms with Crippen molar-refractivity contribution in [1.82, 2.24) is 19.5 Å². The van der Waals surface area contributed by atoms with Crippen LogP contribution in [-0.2, 0) is 7.05 Å². The summed E-state index contributed by atoms with van der Waals surface area (Å²) in [7, 11) is 1.81. The molecule has 9 nitrogen and oxygen atoms in total. The van der Waals surface area contributed by atoms with Gasteiger partial charge in [-0.1, -0.05) is 41.4 Å². The van der Waals surface area contributed by atoms with E-state index >= 15 is 0 Å². The number of H-pyrrole nitrogens is 1. The normalized spacial score (nSPS) is 11.7. The SMILES string of the molecule is CC(=Cc1cccc(N=C(N)N)c1)c1nc2ccc3nc(Nc4c(Cl)cccc4Cl)n(C)c3c2c(=O)[nH]1. The monoisotopic (exact) mass is 532 g/mol. The summed E-state index contributed by atoms with van der Waals surface area (Å²) in [5, 5.41) is 4.52. The smallest absolute Gasteiger partial charge is 0.261 e. The van der Waals surface area contributed by atoms with Crippen molar-refractivity contribution < 1.29 is 0 Å². The van der Waals surface area contributed by atoms with Crippen LogP contribution >= 0.6 is 23.2 Å². The fourth-order valence-electron chi connectivity index (χ4n) is 4.11. The van der Waals surface area contributed by atoms with Crippen LogP contribution in [-0.4, -0.2) is 25.5 Å². The van der Waals surface area contributed by atoms with Gasteiger partial charge in [-0.15, -0.1) is 0 Å². The molecule has 0 fully saturated rings. The molecule has 0 saturated carbocycles. The van der Waals surface area contributed by atoms with E-state index < -0.39 is 0 Å². The highest BCUT2D eigenvalue weighted by molar-refractivity contribution is 6.39. The minimum Gasteiger partial charge on any atom is -0.370 e. The molecule has 2 heterocycles. The number of para-hydroxylation sites is 1. The second-order valence-electron chi connectivity index (χ2n) is 8.42. The topological polar surface area (TPSA) is 140 Å². The van der Waals surface area contributed by atoms with Crippen LogP contribution < -0.4 is 22.3 Å². The number of aromatic amines is 1. The van der Waals surface area contributed by atoms with Gasteiger partial charge in [-0.25, -0.2) is 15.0 Å². The number of aliphatic imine (C=N–C) groups is 1. The summed E-state index contributed by atoms with van der Waals surface area (Å²) in [6, 6.07) is 16.2. The van der Waals surface area contributed by atoms with Gasteiger partial charge in [-0.2, -0.15) is 0 Å². The summed E-state index contributed by atoms with van der Waals surface area (Å²) in [6.45, 7) is 1.87. The molecule has 37 heavy (non-hydrogen) atoms. The molecule has 0 spiro atoms. The largest absolute Gasteiger partial charge is 0.370 e. The fraction of sp³-hybridized carbons (Fsp3) is 0.0769. The fourth-order valence-corrected chi connectivity index (χ4v) is 4.60. The molecule has 0 aliphatic carbocycles. The predicted octanol–water partition coefficient (Wildman–Crippen LogP) is 5.33. The Kier molecular flexibility index (Phi) is 6.32. The zero-order chi connectivity index (χ0) is 26.3. The Morgan fingerprint density at radius 1 is 1.05 bits per heavy atom. The minimum atomic E-state index is -0.280. The summed E-state index contributed by atoms with van der Waals surface area (Å²) in [5.41, 5.74) is 15.3. The average molecular weight is 533 g/mol. The third-order valence-electron chi connectivity index (χ3n) is 5.79. The number of hydrogen-bond donors (Lipinski definition) is 4. The number of guanidine groups is 1. The van der Waals surface area contributed by atoms with Crippen molar-refractivity contribution in [2.75, 3.05) is 5.32 Å². The van der Waals surface area contributed by atoms with Gasteiger partial charge in [0, 0.05) is 7.05 Å². The van der Waals surface area contributed by atoms with E-state index in [1.165, 1.54) is 0 Å². The molecule has 5 aromatic rings. The average Bonchev–Trinajstić information content (AvgIpc) is 3.16. The van der Waals surface area contributed by atoms with E-state index in [-0.39, 0.29) is 11.5 Å². The van der Waals surface area contributed by atoms with Gasteiger partial charge in [-0.3, -0.25) is 4.79 Å². The van der Waals surface area contributed by atoms with Crippen LogP contribution in [0.25, 0.3) is 33.6 Å². The molecule has 186 valence electrons. The Morgan fingerprint density at radius 3 is 2.49 bits per heavy atom. The van der Waals surface area contributed by atoms with Crippen molar-refractivity contribution in [2.45, 2.75) is 6.92 Å². The molecule has 0 bridgehead atoms. The number of nitrogens with one attached hydrogen (secondary N) is 2. The molecule has 11 heteroatoms. The van der Waals surface area contributed by atoms with Gasteiger partial charge in [0.1, 0.15) is 5.82 Å². The Bertz CT molecular complexity index is 1780. The number of anilines is 2. The van der Waals surface area contributed by atoms with Gasteiger partial charge >= 0.3 is 0 Å². The number of imidazole rings is 1. The molecule has 5 rings (SSSR count). The summed E-state index contributed by atoms with van der Waals surface area (Å²) in [5.74, 6) is 0.915. The molecular formula is C26H22Cl2N8O. The lowest BCUT2D eigenvalue weighted by atomic mass is 10.1. The lowest BCUT2D eigenvalue weighted by molar-refractivity contribution is 0.960. The number of rotatable bonds is 5. The Labute approximate surface area is 221 Å². The van der Waals surface area contributed by atoms with Crippen LogP contribution in [0.1, 0.15) is 18.3 Å². The van der Waals surface area contributed by atoms with Gasteiger partial charge in [0.15, 0.2) is 5.96 Å². The number of benzene rings is 3. The van der Waals surface area contributed by atoms with Crippen LogP contribution in [0.5, 0.6) is 0 Å². The van der Waals surface area contributed by atoms with E-state index in [1.807, 2.05) is 44.3 Å². The Hall–Kier alpha value is -4.34. The number of hydrogen-bond acceptors (Lipinski definition) is 5. The lowest BCUT2D eigenvalue weighted by Crippen LogP contribution is -2.21. The van der Waals surface area contributed by atoms with Crippen LogP contribution in [0.2, 0.25) is 10.0 Å². The van der Waals surface area contributed by atoms with E-state index in [4.69, 9.17) is 39.7 Å². The highest BCUT2D eigenvalue weighted by Gasteiger charge is 2.17. The molecule has 0 unspecified atom stereocenters. The van der Waals surface area contributed by atoms with Crippen molar-refractivity contribution in [3.8, 4) is 0 Å². The Morgan fingerprint density at radius 2 is 1.76 bits per heavy atom. The van der Waals surface area contributed by atoms with E-state index in [1.54, 1.807) is 34.9 Å². The summed E-state index contributed by atoms with van der Waals surface area (Å²) in [6.07, 6.45) is 1.90. The summed E-state index contributed by atoms with van der Waals surface area (Å²) >= 11 is 12.6. The molecule has 2 aromatic heterocycles. The van der Waals surface area contributed by atoms with Gasteiger partial charge < -0.3 is 26.3 Å². The molecule has 0 saturated heterocycles. The van der Waals surface area contributed by atoms with Gasteiger partial charge in [-0.05, 0) is 60.5 Å². The second kappa shape index (κ2) is 9.61. The quantitative estimate of drug-likeness (QED) is 0.178. The van der Waals surface area contributed by atoms with Crippen LogP contribution in [0.15, 0.2) is 64.4 Å². The van der Waals surface area contributed by atoms with Crippen LogP contribution in [0.3, 0.4) is 0 Å². The minimum absolute atomic E-state index is 0.0202. The molecule has 3 aromatic carbocycles. The van der Waals surface area contributed by atoms with E-state index in [9.17, 15) is 4.79 Å². The van der Waals surface area contributed by atoms with E-state index in [0.29, 0.717) is 55.1 Å². The van der Waals surface area contributed by atoms with E-state index in [2.05, 4.69) is 20.3 Å².